The summed E-state index contributed by atoms with van der Waals surface area (Å²) in [7, 11) is 0. The van der Waals surface area contributed by atoms with Crippen molar-refractivity contribution in [2.45, 2.75) is 38.1 Å². The van der Waals surface area contributed by atoms with Crippen LogP contribution in [0.5, 0.6) is 5.75 Å². The second kappa shape index (κ2) is 4.04. The quantitative estimate of drug-likeness (QED) is 0.812. The highest BCUT2D eigenvalue weighted by Gasteiger charge is 2.51. The van der Waals surface area contributed by atoms with Gasteiger partial charge in [-0.3, -0.25) is 4.79 Å². The fraction of sp³-hybridized carbons (Fsp3) is 0.462. The highest BCUT2D eigenvalue weighted by atomic mass is 16.6. The number of benzene rings is 1. The summed E-state index contributed by atoms with van der Waals surface area (Å²) in [5.41, 5.74) is 0.726. The number of anilines is 1. The van der Waals surface area contributed by atoms with Gasteiger partial charge in [-0.2, -0.15) is 0 Å². The summed E-state index contributed by atoms with van der Waals surface area (Å²) < 4.78 is 11.4. The van der Waals surface area contributed by atoms with Gasteiger partial charge in [0.2, 0.25) is 5.91 Å². The van der Waals surface area contributed by atoms with Gasteiger partial charge in [-0.25, -0.2) is 0 Å². The van der Waals surface area contributed by atoms with Crippen LogP contribution in [-0.4, -0.2) is 24.2 Å². The number of hydrogen-bond acceptors (Lipinski definition) is 3. The number of carbonyl (C=O) groups is 1. The molecular formula is C13H15NO3. The minimum absolute atomic E-state index is 0.0898. The van der Waals surface area contributed by atoms with Crippen molar-refractivity contribution in [1.82, 2.24) is 0 Å². The van der Waals surface area contributed by atoms with E-state index in [9.17, 15) is 4.79 Å². The lowest BCUT2D eigenvalue weighted by molar-refractivity contribution is -0.114. The lowest BCUT2D eigenvalue weighted by atomic mass is 10.2. The first-order valence-corrected chi connectivity index (χ1v) is 5.93. The van der Waals surface area contributed by atoms with Gasteiger partial charge in [0.25, 0.3) is 0 Å². The summed E-state index contributed by atoms with van der Waals surface area (Å²) in [6, 6.07) is 7.50. The first-order valence-electron chi connectivity index (χ1n) is 5.93. The molecule has 4 nitrogen and oxygen atoms in total. The number of nitrogens with one attached hydrogen (secondary N) is 1. The van der Waals surface area contributed by atoms with Crippen molar-refractivity contribution in [2.75, 3.05) is 5.32 Å². The Kier molecular flexibility index (Phi) is 2.52. The Morgan fingerprint density at radius 2 is 2.24 bits per heavy atom. The van der Waals surface area contributed by atoms with E-state index < -0.39 is 0 Å². The molecule has 1 aliphatic carbocycles. The highest BCUT2D eigenvalue weighted by molar-refractivity contribution is 5.90. The lowest BCUT2D eigenvalue weighted by Gasteiger charge is -2.17. The summed E-state index contributed by atoms with van der Waals surface area (Å²) >= 11 is 0. The number of ether oxygens (including phenoxy) is 2. The molecule has 0 aromatic heterocycles. The molecule has 17 heavy (non-hydrogen) atoms. The van der Waals surface area contributed by atoms with Crippen LogP contribution in [0.15, 0.2) is 24.3 Å². The molecule has 1 heterocycles. The van der Waals surface area contributed by atoms with E-state index in [1.165, 1.54) is 6.92 Å². The molecule has 4 heteroatoms. The van der Waals surface area contributed by atoms with E-state index in [-0.39, 0.29) is 18.1 Å². The minimum Gasteiger partial charge on any atom is -0.485 e. The maximum absolute atomic E-state index is 11.1. The van der Waals surface area contributed by atoms with E-state index in [2.05, 4.69) is 5.32 Å². The van der Waals surface area contributed by atoms with Gasteiger partial charge in [-0.1, -0.05) is 12.1 Å². The molecule has 0 radical (unpaired) electrons. The largest absolute Gasteiger partial charge is 0.485 e. The van der Waals surface area contributed by atoms with E-state index in [0.717, 1.165) is 24.3 Å². The maximum Gasteiger partial charge on any atom is 0.221 e. The summed E-state index contributed by atoms with van der Waals surface area (Å²) in [6.45, 7) is 1.49. The fourth-order valence-electron chi connectivity index (χ4n) is 2.36. The number of epoxide rings is 1. The van der Waals surface area contributed by atoms with E-state index >= 15 is 0 Å². The normalized spacial score (nSPS) is 29.6. The van der Waals surface area contributed by atoms with Crippen LogP contribution in [0.3, 0.4) is 0 Å². The van der Waals surface area contributed by atoms with Gasteiger partial charge in [0.15, 0.2) is 0 Å². The second-order valence-corrected chi connectivity index (χ2v) is 4.55. The summed E-state index contributed by atoms with van der Waals surface area (Å²) in [5.74, 6) is 0.636. The molecule has 90 valence electrons. The van der Waals surface area contributed by atoms with Gasteiger partial charge in [0, 0.05) is 6.92 Å². The number of fused-ring (bicyclic) bond motifs is 1. The van der Waals surface area contributed by atoms with Crippen molar-refractivity contribution in [3.05, 3.63) is 24.3 Å². The van der Waals surface area contributed by atoms with Crippen LogP contribution in [0.2, 0.25) is 0 Å². The molecule has 3 atom stereocenters. The standard InChI is InChI=1S/C13H15NO3/c1-8(15)14-9-4-2-3-5-10(9)16-11-6-7-12-13(11)17-12/h2-5,11-13H,6-7H2,1H3,(H,14,15)/t11-,12+,13-/m0/s1. The Hall–Kier alpha value is -1.55. The molecule has 0 bridgehead atoms. The van der Waals surface area contributed by atoms with E-state index in [1.807, 2.05) is 24.3 Å². The van der Waals surface area contributed by atoms with Crippen LogP contribution >= 0.6 is 0 Å². The van der Waals surface area contributed by atoms with Crippen LogP contribution in [0.4, 0.5) is 5.69 Å². The molecule has 1 aromatic carbocycles. The summed E-state index contributed by atoms with van der Waals surface area (Å²) in [4.78, 5) is 11.1. The van der Waals surface area contributed by atoms with E-state index in [1.54, 1.807) is 0 Å². The number of amides is 1. The molecule has 0 unspecified atom stereocenters. The molecule has 1 saturated carbocycles. The van der Waals surface area contributed by atoms with Gasteiger partial charge in [0.1, 0.15) is 18.0 Å². The number of para-hydroxylation sites is 2. The zero-order chi connectivity index (χ0) is 11.8. The minimum atomic E-state index is -0.0898. The van der Waals surface area contributed by atoms with Gasteiger partial charge in [-0.05, 0) is 25.0 Å². The van der Waals surface area contributed by atoms with Crippen LogP contribution in [0.25, 0.3) is 0 Å². The van der Waals surface area contributed by atoms with Crippen molar-refractivity contribution >= 4 is 11.6 Å². The van der Waals surface area contributed by atoms with Crippen molar-refractivity contribution in [3.8, 4) is 5.75 Å². The number of carbonyl (C=O) groups excluding carboxylic acids is 1. The first-order chi connectivity index (χ1) is 8.24. The fourth-order valence-corrected chi connectivity index (χ4v) is 2.36. The van der Waals surface area contributed by atoms with Crippen LogP contribution in [0, 0.1) is 0 Å². The van der Waals surface area contributed by atoms with Gasteiger partial charge < -0.3 is 14.8 Å². The Balaban J connectivity index is 1.74. The van der Waals surface area contributed by atoms with E-state index in [0.29, 0.717) is 6.10 Å². The molecule has 3 rings (SSSR count). The average Bonchev–Trinajstić information content (AvgIpc) is 2.97. The number of hydrogen-bond donors (Lipinski definition) is 1. The average molecular weight is 233 g/mol. The van der Waals surface area contributed by atoms with Crippen LogP contribution in [-0.2, 0) is 9.53 Å². The third-order valence-corrected chi connectivity index (χ3v) is 3.20. The lowest BCUT2D eigenvalue weighted by Crippen LogP contribution is -2.20. The molecule has 1 saturated heterocycles. The molecule has 1 amide bonds. The summed E-state index contributed by atoms with van der Waals surface area (Å²) in [6.07, 6.45) is 2.92. The highest BCUT2D eigenvalue weighted by Crippen LogP contribution is 2.41. The van der Waals surface area contributed by atoms with Crippen molar-refractivity contribution in [3.63, 3.8) is 0 Å². The first kappa shape index (κ1) is 10.6. The molecule has 1 aliphatic heterocycles. The molecule has 2 fully saturated rings. The van der Waals surface area contributed by atoms with Crippen molar-refractivity contribution < 1.29 is 14.3 Å². The topological polar surface area (TPSA) is 50.9 Å². The van der Waals surface area contributed by atoms with E-state index in [4.69, 9.17) is 9.47 Å². The Labute approximate surface area is 99.9 Å². The monoisotopic (exact) mass is 233 g/mol. The predicted octanol–water partition coefficient (Wildman–Crippen LogP) is 1.95. The van der Waals surface area contributed by atoms with Crippen LogP contribution < -0.4 is 10.1 Å². The molecular weight excluding hydrogens is 218 g/mol. The molecule has 1 N–H and O–H groups in total. The van der Waals surface area contributed by atoms with Gasteiger partial charge in [0.05, 0.1) is 11.8 Å². The SMILES string of the molecule is CC(=O)Nc1ccccc1O[C@H]1CC[C@H]2O[C@@H]12. The van der Waals surface area contributed by atoms with Crippen molar-refractivity contribution in [1.29, 1.82) is 0 Å². The summed E-state index contributed by atoms with van der Waals surface area (Å²) in [5, 5.41) is 2.77. The molecule has 2 aliphatic rings. The van der Waals surface area contributed by atoms with Crippen LogP contribution in [0.1, 0.15) is 19.8 Å². The zero-order valence-corrected chi connectivity index (χ0v) is 9.68. The third kappa shape index (κ3) is 2.13. The molecule has 1 aromatic rings. The predicted molar refractivity (Wildman–Crippen MR) is 63.1 cm³/mol. The Bertz CT molecular complexity index is 446. The molecule has 0 spiro atoms. The smallest absolute Gasteiger partial charge is 0.221 e. The third-order valence-electron chi connectivity index (χ3n) is 3.20. The Morgan fingerprint density at radius 1 is 1.41 bits per heavy atom. The second-order valence-electron chi connectivity index (χ2n) is 4.55. The number of rotatable bonds is 3. The van der Waals surface area contributed by atoms with Gasteiger partial charge in [-0.15, -0.1) is 0 Å². The van der Waals surface area contributed by atoms with Crippen molar-refractivity contribution in [2.24, 2.45) is 0 Å². The zero-order valence-electron chi connectivity index (χ0n) is 9.68. The maximum atomic E-state index is 11.1. The Morgan fingerprint density at radius 3 is 2.88 bits per heavy atom. The van der Waals surface area contributed by atoms with Gasteiger partial charge >= 0.3 is 0 Å².